The van der Waals surface area contributed by atoms with Crippen molar-refractivity contribution in [3.63, 3.8) is 0 Å². The van der Waals surface area contributed by atoms with Crippen LogP contribution in [0.15, 0.2) is 97.1 Å². The third-order valence-electron chi connectivity index (χ3n) is 7.59. The van der Waals surface area contributed by atoms with Crippen molar-refractivity contribution in [2.24, 2.45) is 0 Å². The van der Waals surface area contributed by atoms with Crippen LogP contribution in [0.4, 0.5) is 0 Å². The maximum Gasteiger partial charge on any atom is 0.306 e. The van der Waals surface area contributed by atoms with Crippen LogP contribution in [0.3, 0.4) is 0 Å². The van der Waals surface area contributed by atoms with E-state index in [1.807, 2.05) is 13.8 Å². The Morgan fingerprint density at radius 2 is 0.690 bits per heavy atom. The Morgan fingerprint density at radius 3 is 0.905 bits per heavy atom. The molecule has 0 saturated heterocycles. The lowest BCUT2D eigenvalue weighted by Crippen LogP contribution is -2.32. The normalized spacial score (nSPS) is 11.6. The van der Waals surface area contributed by atoms with E-state index in [2.05, 4.69) is 0 Å². The summed E-state index contributed by atoms with van der Waals surface area (Å²) >= 11 is 0. The Hall–Kier alpha value is -4.98. The lowest BCUT2D eigenvalue weighted by atomic mass is 9.77. The molecule has 0 fully saturated rings. The van der Waals surface area contributed by atoms with Gasteiger partial charge in [-0.25, -0.2) is 0 Å². The van der Waals surface area contributed by atoms with Gasteiger partial charge in [-0.3, -0.25) is 9.59 Å². The molecule has 4 aromatic carbocycles. The minimum atomic E-state index is -0.784. The van der Waals surface area contributed by atoms with E-state index in [0.29, 0.717) is 0 Å². The molecule has 0 amide bonds. The number of hydrogen-bond donors (Lipinski definition) is 4. The van der Waals surface area contributed by atoms with Gasteiger partial charge in [0.15, 0.2) is 0 Å². The number of phenolic OH excluding ortho intramolecular Hbond substituents is 4. The highest BCUT2D eigenvalue weighted by atomic mass is 16.5. The summed E-state index contributed by atoms with van der Waals surface area (Å²) in [6, 6.07) is 26.4. The molecule has 0 bridgehead atoms. The van der Waals surface area contributed by atoms with Crippen molar-refractivity contribution in [1.82, 2.24) is 0 Å². The summed E-state index contributed by atoms with van der Waals surface area (Å²) in [4.78, 5) is 25.4. The molecule has 0 aliphatic rings. The number of carbonyl (C=O) groups is 2. The Kier molecular flexibility index (Phi) is 9.06. The lowest BCUT2D eigenvalue weighted by Gasteiger charge is -2.31. The lowest BCUT2D eigenvalue weighted by molar-refractivity contribution is -0.151. The average Bonchev–Trinajstić information content (AvgIpc) is 2.99. The van der Waals surface area contributed by atoms with Gasteiger partial charge in [0.25, 0.3) is 0 Å². The van der Waals surface area contributed by atoms with E-state index >= 15 is 0 Å². The van der Waals surface area contributed by atoms with E-state index in [1.165, 1.54) is 0 Å². The smallest absolute Gasteiger partial charge is 0.306 e. The molecule has 218 valence electrons. The van der Waals surface area contributed by atoms with Crippen LogP contribution < -0.4 is 0 Å². The standard InChI is InChI=1S/C34H34O8/c1-33(23-3-11-27(35)12-4-23,24-5-13-28(36)14-6-24)21-41-31(39)19-20-32(40)42-22-34(2,25-7-15-29(37)16-8-25)26-9-17-30(38)18-10-26/h3-18,35-38H,19-22H2,1-2H3. The van der Waals surface area contributed by atoms with Gasteiger partial charge in [-0.2, -0.15) is 0 Å². The van der Waals surface area contributed by atoms with Gasteiger partial charge in [-0.1, -0.05) is 48.5 Å². The molecule has 8 nitrogen and oxygen atoms in total. The van der Waals surface area contributed by atoms with Gasteiger partial charge in [-0.05, 0) is 84.6 Å². The number of hydrogen-bond acceptors (Lipinski definition) is 8. The number of carbonyl (C=O) groups excluding carboxylic acids is 2. The van der Waals surface area contributed by atoms with Crippen molar-refractivity contribution in [3.05, 3.63) is 119 Å². The summed E-state index contributed by atoms with van der Waals surface area (Å²) in [5.74, 6) is -0.724. The highest BCUT2D eigenvalue weighted by Crippen LogP contribution is 2.36. The van der Waals surface area contributed by atoms with Gasteiger partial charge in [0.2, 0.25) is 0 Å². The minimum absolute atomic E-state index is 0.0315. The number of ether oxygens (including phenoxy) is 2. The first kappa shape index (κ1) is 30.0. The van der Waals surface area contributed by atoms with Gasteiger partial charge in [0, 0.05) is 0 Å². The zero-order valence-electron chi connectivity index (χ0n) is 23.5. The SMILES string of the molecule is CC(COC(=O)CCC(=O)OCC(C)(c1ccc(O)cc1)c1ccc(O)cc1)(c1ccc(O)cc1)c1ccc(O)cc1. The largest absolute Gasteiger partial charge is 0.508 e. The van der Waals surface area contributed by atoms with E-state index in [4.69, 9.17) is 9.47 Å². The summed E-state index contributed by atoms with van der Waals surface area (Å²) in [6.07, 6.45) is -0.371. The van der Waals surface area contributed by atoms with Gasteiger partial charge < -0.3 is 29.9 Å². The number of rotatable bonds is 11. The Bertz CT molecular complexity index is 1280. The zero-order chi connectivity index (χ0) is 30.3. The number of esters is 2. The Balaban J connectivity index is 1.39. The van der Waals surface area contributed by atoms with Crippen LogP contribution in [0.1, 0.15) is 48.9 Å². The minimum Gasteiger partial charge on any atom is -0.508 e. The van der Waals surface area contributed by atoms with Gasteiger partial charge >= 0.3 is 11.9 Å². The van der Waals surface area contributed by atoms with E-state index in [0.717, 1.165) is 22.3 Å². The predicted octanol–water partition coefficient (Wildman–Crippen LogP) is 5.69. The molecule has 0 aliphatic heterocycles. The molecule has 0 saturated carbocycles. The van der Waals surface area contributed by atoms with Crippen LogP contribution in [0, 0.1) is 0 Å². The molecule has 0 spiro atoms. The second-order valence-electron chi connectivity index (χ2n) is 10.7. The van der Waals surface area contributed by atoms with Gasteiger partial charge in [-0.15, -0.1) is 0 Å². The first-order valence-corrected chi connectivity index (χ1v) is 13.5. The highest BCUT2D eigenvalue weighted by molar-refractivity contribution is 5.77. The zero-order valence-corrected chi connectivity index (χ0v) is 23.5. The van der Waals surface area contributed by atoms with Crippen molar-refractivity contribution < 1.29 is 39.5 Å². The fraction of sp³-hybridized carbons (Fsp3) is 0.235. The summed E-state index contributed by atoms with van der Waals surface area (Å²) < 4.78 is 11.2. The average molecular weight is 571 g/mol. The highest BCUT2D eigenvalue weighted by Gasteiger charge is 2.33. The molecule has 0 heterocycles. The third-order valence-corrected chi connectivity index (χ3v) is 7.59. The van der Waals surface area contributed by atoms with E-state index < -0.39 is 22.8 Å². The quantitative estimate of drug-likeness (QED) is 0.169. The van der Waals surface area contributed by atoms with Crippen LogP contribution >= 0.6 is 0 Å². The first-order valence-electron chi connectivity index (χ1n) is 13.5. The topological polar surface area (TPSA) is 134 Å². The monoisotopic (exact) mass is 570 g/mol. The van der Waals surface area contributed by atoms with Crippen LogP contribution in [-0.4, -0.2) is 45.6 Å². The van der Waals surface area contributed by atoms with Crippen LogP contribution in [0.25, 0.3) is 0 Å². The molecule has 4 aromatic rings. The van der Waals surface area contributed by atoms with Crippen molar-refractivity contribution in [2.75, 3.05) is 13.2 Å². The summed E-state index contributed by atoms with van der Waals surface area (Å²) in [5, 5.41) is 38.9. The summed E-state index contributed by atoms with van der Waals surface area (Å²) in [6.45, 7) is 3.72. The van der Waals surface area contributed by atoms with Crippen LogP contribution in [0.5, 0.6) is 23.0 Å². The maximum atomic E-state index is 12.7. The third kappa shape index (κ3) is 7.01. The van der Waals surface area contributed by atoms with Gasteiger partial charge in [0.1, 0.15) is 36.2 Å². The molecular weight excluding hydrogens is 536 g/mol. The number of aromatic hydroxyl groups is 4. The van der Waals surface area contributed by atoms with E-state index in [-0.39, 0.29) is 49.1 Å². The number of phenols is 4. The molecule has 0 atom stereocenters. The molecule has 0 aliphatic carbocycles. The number of benzene rings is 4. The first-order chi connectivity index (χ1) is 20.0. The van der Waals surface area contributed by atoms with E-state index in [9.17, 15) is 30.0 Å². The van der Waals surface area contributed by atoms with Crippen LogP contribution in [-0.2, 0) is 29.9 Å². The van der Waals surface area contributed by atoms with Crippen LogP contribution in [0.2, 0.25) is 0 Å². The van der Waals surface area contributed by atoms with Crippen molar-refractivity contribution in [3.8, 4) is 23.0 Å². The summed E-state index contributed by atoms with van der Waals surface area (Å²) in [5.41, 5.74) is 1.60. The molecule has 42 heavy (non-hydrogen) atoms. The fourth-order valence-electron chi connectivity index (χ4n) is 4.78. The van der Waals surface area contributed by atoms with E-state index in [1.54, 1.807) is 97.1 Å². The molecular formula is C34H34O8. The maximum absolute atomic E-state index is 12.7. The summed E-state index contributed by atoms with van der Waals surface area (Å²) in [7, 11) is 0. The molecule has 0 unspecified atom stereocenters. The second-order valence-corrected chi connectivity index (χ2v) is 10.7. The molecule has 4 N–H and O–H groups in total. The molecule has 0 radical (unpaired) electrons. The predicted molar refractivity (Wildman–Crippen MR) is 156 cm³/mol. The second kappa shape index (κ2) is 12.7. The molecule has 0 aromatic heterocycles. The Labute approximate surface area is 244 Å². The fourth-order valence-corrected chi connectivity index (χ4v) is 4.78. The van der Waals surface area contributed by atoms with Crippen molar-refractivity contribution in [1.29, 1.82) is 0 Å². The molecule has 4 rings (SSSR count). The van der Waals surface area contributed by atoms with Crippen molar-refractivity contribution in [2.45, 2.75) is 37.5 Å². The van der Waals surface area contributed by atoms with Gasteiger partial charge in [0.05, 0.1) is 23.7 Å². The molecule has 8 heteroatoms. The van der Waals surface area contributed by atoms with Crippen molar-refractivity contribution >= 4 is 11.9 Å². The Morgan fingerprint density at radius 1 is 0.476 bits per heavy atom.